The van der Waals surface area contributed by atoms with Gasteiger partial charge in [0.05, 0.1) is 29.5 Å². The topological polar surface area (TPSA) is 192 Å². The van der Waals surface area contributed by atoms with E-state index in [-0.39, 0.29) is 16.7 Å². The van der Waals surface area contributed by atoms with Gasteiger partial charge in [0.1, 0.15) is 12.0 Å². The maximum Gasteiger partial charge on any atom is 0.235 e. The first-order valence-corrected chi connectivity index (χ1v) is 12.5. The number of benzene rings is 2. The number of nitrogens with two attached hydrogens (primary N) is 1. The lowest BCUT2D eigenvalue weighted by atomic mass is 9.50. The number of carbonyl (C=O) groups is 6. The van der Waals surface area contributed by atoms with Crippen molar-refractivity contribution in [1.29, 1.82) is 0 Å². The number of likely N-dealkylation sites (N-methyl/N-ethyl adjacent to an activating group) is 1. The molecule has 2 aromatic carbocycles. The fraction of sp³-hybridized carbons (Fsp3) is 0.310. The standard InChI is InChI=1S/C29H26N2O9/c1-31(2)22-21-24(35)18-15(10-12-5-3-6-13(9-12)11-32)14-7-4-8-16(33)17(14)23(34)19(18)26(37)29(21,40)27(38)20(25(22)36)28(30)39/h3-11,18-22,24,33,35,40H,1-2H3,(H2,30,39)/b15-10+/t18-,19?,20?,21-,22+,24+,29+/m1/s1. The molecule has 2 fully saturated rings. The summed E-state index contributed by atoms with van der Waals surface area (Å²) in [6, 6.07) is 9.09. The van der Waals surface area contributed by atoms with Crippen LogP contribution in [0.1, 0.15) is 31.8 Å². The summed E-state index contributed by atoms with van der Waals surface area (Å²) in [6.07, 6.45) is 0.353. The van der Waals surface area contributed by atoms with Crippen molar-refractivity contribution in [2.24, 2.45) is 29.4 Å². The fourth-order valence-corrected chi connectivity index (χ4v) is 6.57. The molecule has 0 heterocycles. The van der Waals surface area contributed by atoms with Gasteiger partial charge in [0.25, 0.3) is 0 Å². The van der Waals surface area contributed by atoms with Gasteiger partial charge in [-0.15, -0.1) is 0 Å². The number of hydrogen-bond acceptors (Lipinski definition) is 10. The summed E-state index contributed by atoms with van der Waals surface area (Å²) in [4.78, 5) is 79.5. The number of nitrogens with zero attached hydrogens (tertiary/aromatic N) is 1. The molecule has 3 aliphatic rings. The van der Waals surface area contributed by atoms with E-state index in [9.17, 15) is 44.1 Å². The van der Waals surface area contributed by atoms with Crippen LogP contribution in [0.25, 0.3) is 11.6 Å². The summed E-state index contributed by atoms with van der Waals surface area (Å²) in [5.74, 6) is -13.6. The van der Waals surface area contributed by atoms with Gasteiger partial charge in [0.2, 0.25) is 5.91 Å². The molecule has 0 aromatic heterocycles. The molecule has 3 aliphatic carbocycles. The second kappa shape index (κ2) is 9.40. The lowest BCUT2D eigenvalue weighted by molar-refractivity contribution is -0.192. The summed E-state index contributed by atoms with van der Waals surface area (Å²) < 4.78 is 0. The van der Waals surface area contributed by atoms with Crippen LogP contribution < -0.4 is 5.73 Å². The third-order valence-electron chi connectivity index (χ3n) is 8.24. The molecule has 206 valence electrons. The highest BCUT2D eigenvalue weighted by molar-refractivity contribution is 6.33. The van der Waals surface area contributed by atoms with E-state index in [1.807, 2.05) is 0 Å². The molecule has 0 bridgehead atoms. The van der Waals surface area contributed by atoms with Crippen molar-refractivity contribution in [3.05, 3.63) is 64.7 Å². The first kappa shape index (κ1) is 27.3. The zero-order valence-corrected chi connectivity index (χ0v) is 21.5. The van der Waals surface area contributed by atoms with E-state index >= 15 is 0 Å². The van der Waals surface area contributed by atoms with Crippen molar-refractivity contribution < 1.29 is 44.1 Å². The number of phenols is 1. The number of primary amides is 1. The van der Waals surface area contributed by atoms with Gasteiger partial charge in [-0.3, -0.25) is 33.7 Å². The number of rotatable bonds is 4. The molecule has 0 spiro atoms. The molecule has 2 unspecified atom stereocenters. The number of aldehydes is 1. The van der Waals surface area contributed by atoms with E-state index in [2.05, 4.69) is 0 Å². The zero-order valence-electron chi connectivity index (χ0n) is 21.5. The highest BCUT2D eigenvalue weighted by atomic mass is 16.3. The maximum atomic E-state index is 14.1. The van der Waals surface area contributed by atoms with Gasteiger partial charge in [-0.25, -0.2) is 0 Å². The van der Waals surface area contributed by atoms with E-state index in [0.717, 1.165) is 0 Å². The quantitative estimate of drug-likeness (QED) is 0.291. The van der Waals surface area contributed by atoms with Crippen LogP contribution in [0.15, 0.2) is 42.5 Å². The van der Waals surface area contributed by atoms with Gasteiger partial charge < -0.3 is 21.1 Å². The first-order chi connectivity index (χ1) is 18.9. The second-order valence-electron chi connectivity index (χ2n) is 10.6. The van der Waals surface area contributed by atoms with Crippen LogP contribution >= 0.6 is 0 Å². The molecule has 0 saturated heterocycles. The van der Waals surface area contributed by atoms with Crippen molar-refractivity contribution >= 4 is 47.0 Å². The molecule has 2 saturated carbocycles. The number of aromatic hydroxyl groups is 1. The summed E-state index contributed by atoms with van der Waals surface area (Å²) in [7, 11) is 2.84. The number of phenolic OH excluding ortho intramolecular Hbond substituents is 1. The van der Waals surface area contributed by atoms with E-state index in [4.69, 9.17) is 5.73 Å². The smallest absolute Gasteiger partial charge is 0.235 e. The van der Waals surface area contributed by atoms with Gasteiger partial charge in [-0.1, -0.05) is 36.4 Å². The Hall–Kier alpha value is -4.32. The molecule has 0 aliphatic heterocycles. The third kappa shape index (κ3) is 3.62. The Balaban J connectivity index is 1.80. The minimum absolute atomic E-state index is 0.199. The van der Waals surface area contributed by atoms with Crippen LogP contribution in [0.3, 0.4) is 0 Å². The summed E-state index contributed by atoms with van der Waals surface area (Å²) in [5, 5.41) is 34.2. The van der Waals surface area contributed by atoms with Crippen LogP contribution in [-0.4, -0.2) is 87.4 Å². The van der Waals surface area contributed by atoms with Gasteiger partial charge in [0, 0.05) is 11.5 Å². The number of amides is 1. The minimum Gasteiger partial charge on any atom is -0.507 e. The van der Waals surface area contributed by atoms with E-state index < -0.39 is 76.2 Å². The number of ketones is 4. The Kier molecular flexibility index (Phi) is 6.41. The van der Waals surface area contributed by atoms with Crippen LogP contribution in [0.5, 0.6) is 5.75 Å². The predicted octanol–water partition coefficient (Wildman–Crippen LogP) is -0.352. The van der Waals surface area contributed by atoms with Gasteiger partial charge in [-0.2, -0.15) is 0 Å². The van der Waals surface area contributed by atoms with E-state index in [1.165, 1.54) is 43.3 Å². The van der Waals surface area contributed by atoms with Crippen molar-refractivity contribution in [2.75, 3.05) is 14.1 Å². The van der Waals surface area contributed by atoms with E-state index in [1.54, 1.807) is 24.3 Å². The van der Waals surface area contributed by atoms with Crippen molar-refractivity contribution in [3.8, 4) is 5.75 Å². The van der Waals surface area contributed by atoms with Crippen molar-refractivity contribution in [2.45, 2.75) is 17.7 Å². The molecule has 40 heavy (non-hydrogen) atoms. The molecular weight excluding hydrogens is 520 g/mol. The van der Waals surface area contributed by atoms with Gasteiger partial charge in [0.15, 0.2) is 34.7 Å². The second-order valence-corrected chi connectivity index (χ2v) is 10.6. The molecule has 1 amide bonds. The number of carbonyl (C=O) groups excluding carboxylic acids is 6. The molecule has 5 rings (SSSR count). The molecule has 0 radical (unpaired) electrons. The molecular formula is C29H26N2O9. The molecule has 2 aromatic rings. The third-order valence-corrected chi connectivity index (χ3v) is 8.24. The highest BCUT2D eigenvalue weighted by Crippen LogP contribution is 2.54. The van der Waals surface area contributed by atoms with Gasteiger partial charge >= 0.3 is 0 Å². The zero-order chi connectivity index (χ0) is 29.3. The first-order valence-electron chi connectivity index (χ1n) is 12.5. The Morgan fingerprint density at radius 3 is 2.30 bits per heavy atom. The van der Waals surface area contributed by atoms with Crippen molar-refractivity contribution in [3.63, 3.8) is 0 Å². The lowest BCUT2D eigenvalue weighted by Gasteiger charge is -2.55. The number of hydrogen-bond donors (Lipinski definition) is 4. The SMILES string of the molecule is CN(C)[C@@H]1C(=O)C(C(N)=O)C(=O)[C@@]2(O)C(=O)C3C(=O)c4c(O)cccc4/C(=C\c4cccc(C=O)c4)[C@H]3[C@H](O)[C@@H]12. The monoisotopic (exact) mass is 546 g/mol. The van der Waals surface area contributed by atoms with Crippen LogP contribution in [0.4, 0.5) is 0 Å². The number of aliphatic hydroxyl groups excluding tert-OH is 1. The van der Waals surface area contributed by atoms with Crippen LogP contribution in [-0.2, 0) is 19.2 Å². The highest BCUT2D eigenvalue weighted by Gasteiger charge is 2.72. The Morgan fingerprint density at radius 1 is 1.02 bits per heavy atom. The normalized spacial score (nSPS) is 32.5. The summed E-state index contributed by atoms with van der Waals surface area (Å²) >= 11 is 0. The average Bonchev–Trinajstić information content (AvgIpc) is 2.90. The van der Waals surface area contributed by atoms with Crippen LogP contribution in [0, 0.1) is 23.7 Å². The molecule has 11 heteroatoms. The fourth-order valence-electron chi connectivity index (χ4n) is 6.57. The van der Waals surface area contributed by atoms with Crippen LogP contribution in [0.2, 0.25) is 0 Å². The van der Waals surface area contributed by atoms with Crippen molar-refractivity contribution in [1.82, 2.24) is 4.90 Å². The van der Waals surface area contributed by atoms with Gasteiger partial charge in [-0.05, 0) is 42.9 Å². The molecule has 5 N–H and O–H groups in total. The number of fused-ring (bicyclic) bond motifs is 3. The predicted molar refractivity (Wildman–Crippen MR) is 139 cm³/mol. The molecule has 7 atom stereocenters. The Bertz CT molecular complexity index is 1540. The molecule has 11 nitrogen and oxygen atoms in total. The maximum absolute atomic E-state index is 14.1. The number of Topliss-reactive ketones (excluding diaryl/α,β-unsaturated/α-hetero) is 4. The Labute approximate surface area is 227 Å². The number of aliphatic hydroxyl groups is 2. The summed E-state index contributed by atoms with van der Waals surface area (Å²) in [5.41, 5.74) is 3.20. The average molecular weight is 547 g/mol. The van der Waals surface area contributed by atoms with E-state index in [0.29, 0.717) is 17.4 Å². The minimum atomic E-state index is -3.09. The lowest BCUT2D eigenvalue weighted by Crippen LogP contribution is -2.77. The largest absolute Gasteiger partial charge is 0.507 e. The Morgan fingerprint density at radius 2 is 1.68 bits per heavy atom. The summed E-state index contributed by atoms with van der Waals surface area (Å²) in [6.45, 7) is 0.